The van der Waals surface area contributed by atoms with E-state index in [9.17, 15) is 4.79 Å². The number of amides is 1. The third-order valence-corrected chi connectivity index (χ3v) is 4.54. The van der Waals surface area contributed by atoms with Gasteiger partial charge in [0.05, 0.1) is 39.5 Å². The Hall–Kier alpha value is -3.41. The molecule has 0 aliphatic heterocycles. The summed E-state index contributed by atoms with van der Waals surface area (Å²) in [5.41, 5.74) is 1.51. The predicted molar refractivity (Wildman–Crippen MR) is 108 cm³/mol. The summed E-state index contributed by atoms with van der Waals surface area (Å²) >= 11 is 0. The number of nitrogens with zero attached hydrogens (tertiary/aromatic N) is 1. The lowest BCUT2D eigenvalue weighted by Gasteiger charge is -2.22. The lowest BCUT2D eigenvalue weighted by atomic mass is 10.0. The normalized spacial score (nSPS) is 11.5. The summed E-state index contributed by atoms with van der Waals surface area (Å²) in [6.07, 6.45) is 4.11. The number of anilines is 1. The number of carbonyl (C=O) groups excluding carboxylic acids is 1. The molecule has 0 aliphatic carbocycles. The fourth-order valence-corrected chi connectivity index (χ4v) is 3.16. The Balaban J connectivity index is 1.87. The lowest BCUT2D eigenvalue weighted by molar-refractivity contribution is -0.116. The molecule has 0 aliphatic rings. The van der Waals surface area contributed by atoms with Crippen LogP contribution in [-0.2, 0) is 4.79 Å². The van der Waals surface area contributed by atoms with Gasteiger partial charge in [0.2, 0.25) is 5.91 Å². The number of ether oxygens (including phenoxy) is 3. The van der Waals surface area contributed by atoms with E-state index >= 15 is 0 Å². The van der Waals surface area contributed by atoms with E-state index in [4.69, 9.17) is 14.2 Å². The molecule has 0 fully saturated rings. The van der Waals surface area contributed by atoms with Crippen molar-refractivity contribution in [2.24, 2.45) is 0 Å². The highest BCUT2D eigenvalue weighted by molar-refractivity contribution is 5.93. The number of hydrogen-bond donors (Lipinski definition) is 1. The van der Waals surface area contributed by atoms with Crippen molar-refractivity contribution >= 4 is 11.6 Å². The summed E-state index contributed by atoms with van der Waals surface area (Å²) in [6, 6.07) is 16.7. The van der Waals surface area contributed by atoms with Crippen molar-refractivity contribution < 1.29 is 19.0 Å². The van der Waals surface area contributed by atoms with E-state index in [-0.39, 0.29) is 18.4 Å². The highest BCUT2D eigenvalue weighted by Crippen LogP contribution is 2.32. The molecule has 1 atom stereocenters. The lowest BCUT2D eigenvalue weighted by Crippen LogP contribution is -2.20. The average Bonchev–Trinajstić information content (AvgIpc) is 3.26. The van der Waals surface area contributed by atoms with Crippen LogP contribution in [0.5, 0.6) is 17.2 Å². The molecule has 1 aromatic heterocycles. The number of rotatable bonds is 8. The zero-order chi connectivity index (χ0) is 19.9. The first kappa shape index (κ1) is 19.4. The van der Waals surface area contributed by atoms with Crippen molar-refractivity contribution in [3.63, 3.8) is 0 Å². The Morgan fingerprint density at radius 1 is 0.929 bits per heavy atom. The predicted octanol–water partition coefficient (Wildman–Crippen LogP) is 4.13. The summed E-state index contributed by atoms with van der Waals surface area (Å²) in [5.74, 6) is 1.82. The molecular formula is C22H24N2O4. The fraction of sp³-hybridized carbons (Fsp3) is 0.227. The molecule has 0 saturated carbocycles. The maximum absolute atomic E-state index is 12.9. The van der Waals surface area contributed by atoms with Crippen LogP contribution in [0.2, 0.25) is 0 Å². The van der Waals surface area contributed by atoms with Gasteiger partial charge in [-0.1, -0.05) is 18.2 Å². The first-order valence-electron chi connectivity index (χ1n) is 8.93. The molecule has 0 radical (unpaired) electrons. The van der Waals surface area contributed by atoms with Crippen LogP contribution in [0.1, 0.15) is 18.0 Å². The molecule has 1 N–H and O–H groups in total. The minimum atomic E-state index is -0.206. The minimum absolute atomic E-state index is 0.142. The Kier molecular flexibility index (Phi) is 6.22. The molecule has 2 aromatic carbocycles. The van der Waals surface area contributed by atoms with Crippen molar-refractivity contribution in [2.75, 3.05) is 26.6 Å². The Morgan fingerprint density at radius 3 is 2.32 bits per heavy atom. The van der Waals surface area contributed by atoms with Crippen LogP contribution < -0.4 is 19.5 Å². The van der Waals surface area contributed by atoms with E-state index < -0.39 is 0 Å². The third kappa shape index (κ3) is 4.28. The largest absolute Gasteiger partial charge is 0.497 e. The summed E-state index contributed by atoms with van der Waals surface area (Å²) in [6.45, 7) is 0. The number of methoxy groups -OCH3 is 3. The molecular weight excluding hydrogens is 356 g/mol. The van der Waals surface area contributed by atoms with Crippen molar-refractivity contribution in [1.29, 1.82) is 0 Å². The number of hydrogen-bond acceptors (Lipinski definition) is 4. The van der Waals surface area contributed by atoms with Gasteiger partial charge in [-0.15, -0.1) is 0 Å². The van der Waals surface area contributed by atoms with Crippen molar-refractivity contribution in [2.45, 2.75) is 12.5 Å². The standard InChI is InChI=1S/C22H24N2O4/c1-26-16-10-11-21(28-3)18(14-16)23-22(25)15-19(24-12-6-7-13-24)17-8-4-5-9-20(17)27-2/h4-14,19H,15H2,1-3H3,(H,23,25). The van der Waals surface area contributed by atoms with Gasteiger partial charge >= 0.3 is 0 Å². The van der Waals surface area contributed by atoms with E-state index in [1.54, 1.807) is 39.5 Å². The zero-order valence-electron chi connectivity index (χ0n) is 16.2. The van der Waals surface area contributed by atoms with Gasteiger partial charge in [0.1, 0.15) is 17.2 Å². The molecule has 146 valence electrons. The third-order valence-electron chi connectivity index (χ3n) is 4.54. The van der Waals surface area contributed by atoms with E-state index in [2.05, 4.69) is 5.32 Å². The number of nitrogens with one attached hydrogen (secondary N) is 1. The van der Waals surface area contributed by atoms with Crippen LogP contribution in [0.15, 0.2) is 67.0 Å². The molecule has 0 saturated heterocycles. The zero-order valence-corrected chi connectivity index (χ0v) is 16.2. The van der Waals surface area contributed by atoms with Gasteiger partial charge in [0, 0.05) is 24.0 Å². The summed E-state index contributed by atoms with van der Waals surface area (Å²) in [7, 11) is 4.78. The van der Waals surface area contributed by atoms with Crippen LogP contribution >= 0.6 is 0 Å². The van der Waals surface area contributed by atoms with Crippen LogP contribution in [0.25, 0.3) is 0 Å². The number of benzene rings is 2. The van der Waals surface area contributed by atoms with Gasteiger partial charge in [0.25, 0.3) is 0 Å². The van der Waals surface area contributed by atoms with Crippen LogP contribution in [0.3, 0.4) is 0 Å². The molecule has 28 heavy (non-hydrogen) atoms. The molecule has 3 rings (SSSR count). The highest BCUT2D eigenvalue weighted by atomic mass is 16.5. The first-order valence-corrected chi connectivity index (χ1v) is 8.93. The van der Waals surface area contributed by atoms with Gasteiger partial charge in [0.15, 0.2) is 0 Å². The monoisotopic (exact) mass is 380 g/mol. The number of para-hydroxylation sites is 1. The molecule has 6 heteroatoms. The molecule has 6 nitrogen and oxygen atoms in total. The maximum Gasteiger partial charge on any atom is 0.226 e. The van der Waals surface area contributed by atoms with Crippen molar-refractivity contribution in [3.05, 3.63) is 72.6 Å². The Labute approximate surface area is 164 Å². The van der Waals surface area contributed by atoms with E-state index in [0.717, 1.165) is 11.3 Å². The maximum atomic E-state index is 12.9. The SMILES string of the molecule is COc1ccc(OC)c(NC(=O)CC(c2ccccc2OC)n2cccc2)c1. The Morgan fingerprint density at radius 2 is 1.64 bits per heavy atom. The fourth-order valence-electron chi connectivity index (χ4n) is 3.16. The minimum Gasteiger partial charge on any atom is -0.497 e. The molecule has 0 spiro atoms. The van der Waals surface area contributed by atoms with Gasteiger partial charge < -0.3 is 24.1 Å². The first-order chi connectivity index (χ1) is 13.7. The second-order valence-corrected chi connectivity index (χ2v) is 6.21. The summed E-state index contributed by atoms with van der Waals surface area (Å²) in [4.78, 5) is 12.9. The summed E-state index contributed by atoms with van der Waals surface area (Å²) < 4.78 is 18.1. The summed E-state index contributed by atoms with van der Waals surface area (Å²) in [5, 5.41) is 2.94. The van der Waals surface area contributed by atoms with Crippen LogP contribution in [-0.4, -0.2) is 31.8 Å². The Bertz CT molecular complexity index is 922. The van der Waals surface area contributed by atoms with Gasteiger partial charge in [-0.2, -0.15) is 0 Å². The molecule has 1 amide bonds. The second-order valence-electron chi connectivity index (χ2n) is 6.21. The van der Waals surface area contributed by atoms with E-state index in [1.807, 2.05) is 53.4 Å². The van der Waals surface area contributed by atoms with E-state index in [0.29, 0.717) is 17.2 Å². The van der Waals surface area contributed by atoms with Gasteiger partial charge in [-0.25, -0.2) is 0 Å². The molecule has 3 aromatic rings. The van der Waals surface area contributed by atoms with Crippen LogP contribution in [0, 0.1) is 0 Å². The van der Waals surface area contributed by atoms with Crippen molar-refractivity contribution in [1.82, 2.24) is 4.57 Å². The molecule has 1 unspecified atom stereocenters. The highest BCUT2D eigenvalue weighted by Gasteiger charge is 2.21. The molecule has 0 bridgehead atoms. The average molecular weight is 380 g/mol. The van der Waals surface area contributed by atoms with Crippen LogP contribution in [0.4, 0.5) is 5.69 Å². The topological polar surface area (TPSA) is 61.7 Å². The van der Waals surface area contributed by atoms with E-state index in [1.165, 1.54) is 0 Å². The van der Waals surface area contributed by atoms with Gasteiger partial charge in [-0.05, 0) is 30.3 Å². The van der Waals surface area contributed by atoms with Crippen molar-refractivity contribution in [3.8, 4) is 17.2 Å². The second kappa shape index (κ2) is 8.99. The van der Waals surface area contributed by atoms with Gasteiger partial charge in [-0.3, -0.25) is 4.79 Å². The smallest absolute Gasteiger partial charge is 0.226 e. The quantitative estimate of drug-likeness (QED) is 0.638. The molecule has 1 heterocycles. The number of aromatic nitrogens is 1. The number of carbonyl (C=O) groups is 1.